The van der Waals surface area contributed by atoms with Gasteiger partial charge in [-0.15, -0.1) is 0 Å². The fraction of sp³-hybridized carbons (Fsp3) is 0.273. The third-order valence-corrected chi connectivity index (χ3v) is 5.20. The number of carbonyl (C=O) groups excluding carboxylic acids is 2. The summed E-state index contributed by atoms with van der Waals surface area (Å²) < 4.78 is 17.7. The molecule has 12 heteroatoms. The van der Waals surface area contributed by atoms with E-state index >= 15 is 0 Å². The Morgan fingerprint density at radius 3 is 1.52 bits per heavy atom. The predicted molar refractivity (Wildman–Crippen MR) is 89.5 cm³/mol. The highest BCUT2D eigenvalue weighted by Gasteiger charge is 2.21. The molecule has 0 N–H and O–H groups in total. The predicted octanol–water partition coefficient (Wildman–Crippen LogP) is 4.62. The van der Waals surface area contributed by atoms with Crippen LogP contribution in [0.2, 0.25) is 19.0 Å². The molecule has 2 rings (SSSR count). The number of esters is 2. The van der Waals surface area contributed by atoms with E-state index in [1.807, 2.05) is 0 Å². The summed E-state index contributed by atoms with van der Waals surface area (Å²) in [5, 5.41) is -0.0173. The van der Waals surface area contributed by atoms with E-state index in [9.17, 15) is 9.59 Å². The van der Waals surface area contributed by atoms with Crippen molar-refractivity contribution in [2.24, 2.45) is 0 Å². The van der Waals surface area contributed by atoms with Crippen molar-refractivity contribution in [2.45, 2.75) is 6.42 Å². The minimum absolute atomic E-state index is 0.00864. The molecule has 0 amide bonds. The third-order valence-electron chi connectivity index (χ3n) is 2.38. The van der Waals surface area contributed by atoms with Crippen LogP contribution < -0.4 is 0 Å². The molecule has 0 saturated carbocycles. The quantitative estimate of drug-likeness (QED) is 0.486. The van der Waals surface area contributed by atoms with Gasteiger partial charge in [0.2, 0.25) is 0 Å². The minimum atomic E-state index is -0.687. The average Bonchev–Trinajstić information content (AvgIpc) is 3.00. The van der Waals surface area contributed by atoms with E-state index in [-0.39, 0.29) is 49.7 Å². The molecule has 0 bridgehead atoms. The van der Waals surface area contributed by atoms with Crippen molar-refractivity contribution in [3.8, 4) is 0 Å². The Morgan fingerprint density at radius 1 is 0.826 bits per heavy atom. The number of carbonyl (C=O) groups is 2. The SMILES string of the molecule is O=C(OCCCOC(=O)c1c(Cl)nsc1Cl)c1c(Cl)nsc1Cl. The summed E-state index contributed by atoms with van der Waals surface area (Å²) in [6, 6.07) is 0. The van der Waals surface area contributed by atoms with Gasteiger partial charge in [0.25, 0.3) is 0 Å². The molecule has 0 aliphatic carbocycles. The summed E-state index contributed by atoms with van der Waals surface area (Å²) in [6.07, 6.45) is 0.275. The van der Waals surface area contributed by atoms with E-state index in [1.165, 1.54) is 0 Å². The Hall–Kier alpha value is -0.640. The number of halogens is 4. The second-order valence-corrected chi connectivity index (χ2v) is 7.34. The topological polar surface area (TPSA) is 78.4 Å². The lowest BCUT2D eigenvalue weighted by Gasteiger charge is -2.05. The van der Waals surface area contributed by atoms with E-state index < -0.39 is 11.9 Å². The lowest BCUT2D eigenvalue weighted by Crippen LogP contribution is -2.11. The lowest BCUT2D eigenvalue weighted by atomic mass is 10.4. The van der Waals surface area contributed by atoms with Crippen molar-refractivity contribution in [1.29, 1.82) is 0 Å². The van der Waals surface area contributed by atoms with Gasteiger partial charge in [0.1, 0.15) is 19.8 Å². The number of ether oxygens (including phenoxy) is 2. The first-order valence-corrected chi connectivity index (χ1v) is 8.93. The van der Waals surface area contributed by atoms with Crippen LogP contribution in [-0.2, 0) is 9.47 Å². The smallest absolute Gasteiger partial charge is 0.343 e. The number of hydrogen-bond donors (Lipinski definition) is 0. The maximum atomic E-state index is 11.7. The lowest BCUT2D eigenvalue weighted by molar-refractivity contribution is 0.0397. The number of aromatic nitrogens is 2. The van der Waals surface area contributed by atoms with Gasteiger partial charge >= 0.3 is 11.9 Å². The van der Waals surface area contributed by atoms with E-state index in [0.29, 0.717) is 0 Å². The zero-order valence-electron chi connectivity index (χ0n) is 11.0. The molecular weight excluding hydrogens is 430 g/mol. The normalized spacial score (nSPS) is 10.6. The van der Waals surface area contributed by atoms with Crippen molar-refractivity contribution in [3.63, 3.8) is 0 Å². The molecule has 2 aromatic rings. The summed E-state index contributed by atoms with van der Waals surface area (Å²) in [5.74, 6) is -1.37. The van der Waals surface area contributed by atoms with Gasteiger partial charge in [-0.3, -0.25) is 0 Å². The Balaban J connectivity index is 1.74. The van der Waals surface area contributed by atoms with Crippen LogP contribution in [0.5, 0.6) is 0 Å². The van der Waals surface area contributed by atoms with Gasteiger partial charge in [0.15, 0.2) is 10.3 Å². The first-order valence-electron chi connectivity index (χ1n) is 5.87. The molecule has 2 aromatic heterocycles. The summed E-state index contributed by atoms with van der Waals surface area (Å²) in [7, 11) is 0. The van der Waals surface area contributed by atoms with E-state index in [0.717, 1.165) is 23.1 Å². The molecule has 0 saturated heterocycles. The van der Waals surface area contributed by atoms with Crippen LogP contribution in [0.3, 0.4) is 0 Å². The number of nitrogens with zero attached hydrogens (tertiary/aromatic N) is 2. The minimum Gasteiger partial charge on any atom is -0.462 e. The molecule has 0 radical (unpaired) electrons. The Kier molecular flexibility index (Phi) is 6.87. The average molecular weight is 436 g/mol. The molecule has 2 heterocycles. The van der Waals surface area contributed by atoms with Crippen LogP contribution in [0, 0.1) is 0 Å². The van der Waals surface area contributed by atoms with Crippen molar-refractivity contribution in [3.05, 3.63) is 30.1 Å². The van der Waals surface area contributed by atoms with Gasteiger partial charge in [-0.1, -0.05) is 46.4 Å². The Bertz CT molecular complexity index is 634. The standard InChI is InChI=1S/C11H6Cl4N2O4S2/c12-6-4(8(14)22-16-6)10(18)20-2-1-3-21-11(19)5-7(13)17-23-9(5)15/h1-3H2. The summed E-state index contributed by atoms with van der Waals surface area (Å²) in [6.45, 7) is 0.0237. The van der Waals surface area contributed by atoms with Crippen molar-refractivity contribution in [2.75, 3.05) is 13.2 Å². The highest BCUT2D eigenvalue weighted by Crippen LogP contribution is 2.29. The molecule has 6 nitrogen and oxygen atoms in total. The van der Waals surface area contributed by atoms with E-state index in [4.69, 9.17) is 55.9 Å². The molecule has 0 aromatic carbocycles. The molecule has 23 heavy (non-hydrogen) atoms. The largest absolute Gasteiger partial charge is 0.462 e. The van der Waals surface area contributed by atoms with Crippen LogP contribution in [0.15, 0.2) is 0 Å². The Labute approximate surface area is 158 Å². The molecule has 0 atom stereocenters. The second-order valence-electron chi connectivity index (χ2n) is 3.87. The first kappa shape index (κ1) is 18.7. The fourth-order valence-corrected chi connectivity index (χ4v) is 3.71. The summed E-state index contributed by atoms with van der Waals surface area (Å²) in [5.41, 5.74) is 0.0523. The first-order chi connectivity index (χ1) is 10.9. The van der Waals surface area contributed by atoms with Crippen molar-refractivity contribution in [1.82, 2.24) is 8.75 Å². The van der Waals surface area contributed by atoms with Gasteiger partial charge < -0.3 is 9.47 Å². The van der Waals surface area contributed by atoms with E-state index in [1.54, 1.807) is 0 Å². The zero-order chi connectivity index (χ0) is 17.0. The van der Waals surface area contributed by atoms with Gasteiger partial charge in [-0.2, -0.15) is 8.75 Å². The Morgan fingerprint density at radius 2 is 1.22 bits per heavy atom. The second kappa shape index (κ2) is 8.46. The van der Waals surface area contributed by atoms with Gasteiger partial charge in [0.05, 0.1) is 13.2 Å². The fourth-order valence-electron chi connectivity index (χ4n) is 1.37. The molecule has 0 unspecified atom stereocenters. The molecule has 0 aliphatic heterocycles. The maximum absolute atomic E-state index is 11.7. The van der Waals surface area contributed by atoms with E-state index in [2.05, 4.69) is 8.75 Å². The van der Waals surface area contributed by atoms with Crippen molar-refractivity contribution >= 4 is 81.4 Å². The third kappa shape index (κ3) is 4.68. The highest BCUT2D eigenvalue weighted by molar-refractivity contribution is 7.11. The molecule has 0 fully saturated rings. The zero-order valence-corrected chi connectivity index (χ0v) is 15.6. The molecule has 124 valence electrons. The molecule has 0 aliphatic rings. The summed E-state index contributed by atoms with van der Waals surface area (Å²) in [4.78, 5) is 23.5. The van der Waals surface area contributed by atoms with Gasteiger partial charge in [-0.25, -0.2) is 9.59 Å². The van der Waals surface area contributed by atoms with Gasteiger partial charge in [0, 0.05) is 6.42 Å². The molecular formula is C11H6Cl4N2O4S2. The summed E-state index contributed by atoms with van der Waals surface area (Å²) >= 11 is 24.8. The highest BCUT2D eigenvalue weighted by atomic mass is 35.5. The van der Waals surface area contributed by atoms with Crippen LogP contribution in [0.4, 0.5) is 0 Å². The maximum Gasteiger partial charge on any atom is 0.343 e. The van der Waals surface area contributed by atoms with Crippen molar-refractivity contribution < 1.29 is 19.1 Å². The van der Waals surface area contributed by atoms with Gasteiger partial charge in [-0.05, 0) is 23.1 Å². The van der Waals surface area contributed by atoms with Crippen LogP contribution in [-0.4, -0.2) is 33.9 Å². The van der Waals surface area contributed by atoms with Crippen LogP contribution >= 0.6 is 69.5 Å². The van der Waals surface area contributed by atoms with Crippen LogP contribution in [0.25, 0.3) is 0 Å². The van der Waals surface area contributed by atoms with Crippen LogP contribution in [0.1, 0.15) is 27.1 Å². The number of hydrogen-bond acceptors (Lipinski definition) is 8. The molecule has 0 spiro atoms. The monoisotopic (exact) mass is 434 g/mol. The number of rotatable bonds is 6.